The highest BCUT2D eigenvalue weighted by molar-refractivity contribution is 5.92. The molecule has 2 aromatic rings. The van der Waals surface area contributed by atoms with E-state index >= 15 is 0 Å². The minimum Gasteiger partial charge on any atom is -0.296 e. The number of hydrogen-bond donors (Lipinski definition) is 0. The van der Waals surface area contributed by atoms with Crippen LogP contribution in [0, 0.1) is 22.9 Å². The zero-order valence-corrected chi connectivity index (χ0v) is 8.81. The van der Waals surface area contributed by atoms with E-state index in [2.05, 4.69) is 4.98 Å². The lowest BCUT2D eigenvalue weighted by atomic mass is 10.1. The fourth-order valence-corrected chi connectivity index (χ4v) is 1.67. The summed E-state index contributed by atoms with van der Waals surface area (Å²) in [5, 5.41) is 10.9. The maximum Gasteiger partial charge on any atom is 0.314 e. The first kappa shape index (κ1) is 11.1. The summed E-state index contributed by atoms with van der Waals surface area (Å²) >= 11 is 0. The van der Waals surface area contributed by atoms with Gasteiger partial charge in [-0.15, -0.1) is 0 Å². The largest absolute Gasteiger partial charge is 0.314 e. The van der Waals surface area contributed by atoms with Crippen LogP contribution >= 0.6 is 0 Å². The lowest BCUT2D eigenvalue weighted by Gasteiger charge is -2.04. The molecule has 0 unspecified atom stereocenters. The molecule has 0 aliphatic heterocycles. The molecular weight excluding hydrogens is 227 g/mol. The molecule has 86 valence electrons. The van der Waals surface area contributed by atoms with Gasteiger partial charge in [-0.3, -0.25) is 14.9 Å². The molecule has 0 saturated carbocycles. The topological polar surface area (TPSA) is 73.1 Å². The van der Waals surface area contributed by atoms with Crippen molar-refractivity contribution in [3.05, 3.63) is 45.4 Å². The highest BCUT2D eigenvalue weighted by Crippen LogP contribution is 2.29. The van der Waals surface area contributed by atoms with E-state index in [0.717, 1.165) is 6.07 Å². The number of carbonyl (C=O) groups is 1. The molecule has 0 amide bonds. The van der Waals surface area contributed by atoms with Crippen LogP contribution < -0.4 is 0 Å². The van der Waals surface area contributed by atoms with Crippen LogP contribution in [0.1, 0.15) is 16.1 Å². The first-order valence-corrected chi connectivity index (χ1v) is 4.74. The fraction of sp³-hybridized carbons (Fsp3) is 0.0909. The Morgan fingerprint density at radius 2 is 2.18 bits per heavy atom. The van der Waals surface area contributed by atoms with Crippen LogP contribution in [0.25, 0.3) is 10.9 Å². The Morgan fingerprint density at radius 3 is 2.76 bits per heavy atom. The number of rotatable bonds is 2. The number of aldehydes is 1. The van der Waals surface area contributed by atoms with Gasteiger partial charge in [0.25, 0.3) is 0 Å². The number of pyridine rings is 1. The molecule has 1 heterocycles. The number of nitrogens with zero attached hydrogens (tertiary/aromatic N) is 2. The highest BCUT2D eigenvalue weighted by atomic mass is 19.1. The molecule has 0 N–H and O–H groups in total. The zero-order valence-electron chi connectivity index (χ0n) is 8.81. The lowest BCUT2D eigenvalue weighted by Crippen LogP contribution is -1.98. The van der Waals surface area contributed by atoms with Crippen molar-refractivity contribution >= 4 is 22.9 Å². The van der Waals surface area contributed by atoms with E-state index in [-0.39, 0.29) is 16.6 Å². The van der Waals surface area contributed by atoms with Crippen LogP contribution in [-0.4, -0.2) is 16.2 Å². The van der Waals surface area contributed by atoms with Crippen molar-refractivity contribution in [1.29, 1.82) is 0 Å². The average Bonchev–Trinajstić information content (AvgIpc) is 2.28. The molecule has 0 saturated heterocycles. The molecule has 1 aromatic carbocycles. The van der Waals surface area contributed by atoms with E-state index in [1.54, 1.807) is 6.92 Å². The molecule has 2 rings (SSSR count). The van der Waals surface area contributed by atoms with Gasteiger partial charge in [0.15, 0.2) is 6.29 Å². The van der Waals surface area contributed by atoms with Gasteiger partial charge in [0.05, 0.1) is 15.8 Å². The number of nitro benzene ring substituents is 1. The van der Waals surface area contributed by atoms with Crippen molar-refractivity contribution in [2.24, 2.45) is 0 Å². The van der Waals surface area contributed by atoms with Gasteiger partial charge in [0.1, 0.15) is 5.69 Å². The van der Waals surface area contributed by atoms with Crippen LogP contribution in [0.4, 0.5) is 10.1 Å². The van der Waals surface area contributed by atoms with Gasteiger partial charge in [-0.2, -0.15) is 4.39 Å². The fourth-order valence-electron chi connectivity index (χ4n) is 1.67. The summed E-state index contributed by atoms with van der Waals surface area (Å²) in [7, 11) is 0. The minimum atomic E-state index is -0.902. The van der Waals surface area contributed by atoms with Crippen molar-refractivity contribution in [2.45, 2.75) is 6.92 Å². The van der Waals surface area contributed by atoms with Gasteiger partial charge in [-0.1, -0.05) is 0 Å². The van der Waals surface area contributed by atoms with Crippen LogP contribution in [0.15, 0.2) is 18.2 Å². The smallest absolute Gasteiger partial charge is 0.296 e. The summed E-state index contributed by atoms with van der Waals surface area (Å²) in [5.74, 6) is -0.902. The second-order valence-corrected chi connectivity index (χ2v) is 3.53. The van der Waals surface area contributed by atoms with Crippen LogP contribution in [0.3, 0.4) is 0 Å². The number of hydrogen-bond acceptors (Lipinski definition) is 4. The molecule has 5 nitrogen and oxygen atoms in total. The van der Waals surface area contributed by atoms with E-state index in [9.17, 15) is 19.3 Å². The van der Waals surface area contributed by atoms with Crippen LogP contribution in [0.2, 0.25) is 0 Å². The van der Waals surface area contributed by atoms with Crippen LogP contribution in [0.5, 0.6) is 0 Å². The molecule has 1 aromatic heterocycles. The monoisotopic (exact) mass is 234 g/mol. The third kappa shape index (κ3) is 1.73. The Labute approximate surface area is 95.0 Å². The first-order valence-electron chi connectivity index (χ1n) is 4.74. The van der Waals surface area contributed by atoms with Gasteiger partial charge >= 0.3 is 5.69 Å². The number of aromatic nitrogens is 1. The maximum atomic E-state index is 13.5. The Bertz CT molecular complexity index is 640. The number of aryl methyl sites for hydroxylation is 1. The standard InChI is InChI=1S/C11H7FN2O3/c1-6-4-9(12)11(14(16)17)8-3-2-7(5-15)13-10(6)8/h2-5H,1H3. The number of fused-ring (bicyclic) bond motifs is 1. The first-order chi connectivity index (χ1) is 8.04. The second kappa shape index (κ2) is 3.89. The molecule has 0 bridgehead atoms. The SMILES string of the molecule is Cc1cc(F)c([N+](=O)[O-])c2ccc(C=O)nc12. The predicted molar refractivity (Wildman–Crippen MR) is 58.5 cm³/mol. The maximum absolute atomic E-state index is 13.5. The van der Waals surface area contributed by atoms with Gasteiger partial charge in [-0.05, 0) is 30.7 Å². The summed E-state index contributed by atoms with van der Waals surface area (Å²) < 4.78 is 13.5. The van der Waals surface area contributed by atoms with Gasteiger partial charge < -0.3 is 0 Å². The molecule has 0 atom stereocenters. The van der Waals surface area contributed by atoms with Gasteiger partial charge in [0.2, 0.25) is 5.82 Å². The van der Waals surface area contributed by atoms with E-state index in [1.165, 1.54) is 12.1 Å². The molecule has 0 aliphatic rings. The Morgan fingerprint density at radius 1 is 1.47 bits per heavy atom. The third-order valence-corrected chi connectivity index (χ3v) is 2.42. The quantitative estimate of drug-likeness (QED) is 0.454. The number of nitro groups is 1. The summed E-state index contributed by atoms with van der Waals surface area (Å²) in [6.07, 6.45) is 0.536. The van der Waals surface area contributed by atoms with Crippen molar-refractivity contribution in [2.75, 3.05) is 0 Å². The highest BCUT2D eigenvalue weighted by Gasteiger charge is 2.21. The lowest BCUT2D eigenvalue weighted by molar-refractivity contribution is -0.385. The summed E-state index contributed by atoms with van der Waals surface area (Å²) in [6.45, 7) is 1.58. The summed E-state index contributed by atoms with van der Waals surface area (Å²) in [4.78, 5) is 24.5. The van der Waals surface area contributed by atoms with E-state index < -0.39 is 16.4 Å². The molecule has 0 fully saturated rings. The Hall–Kier alpha value is -2.37. The van der Waals surface area contributed by atoms with E-state index in [1.807, 2.05) is 0 Å². The van der Waals surface area contributed by atoms with Crippen molar-refractivity contribution in [3.8, 4) is 0 Å². The van der Waals surface area contributed by atoms with Crippen molar-refractivity contribution in [1.82, 2.24) is 4.98 Å². The second-order valence-electron chi connectivity index (χ2n) is 3.53. The Balaban J connectivity index is 2.92. The van der Waals surface area contributed by atoms with Gasteiger partial charge in [0, 0.05) is 0 Å². The van der Waals surface area contributed by atoms with E-state index in [4.69, 9.17) is 0 Å². The Kier molecular flexibility index (Phi) is 2.55. The molecule has 0 spiro atoms. The number of halogens is 1. The normalized spacial score (nSPS) is 10.5. The van der Waals surface area contributed by atoms with Crippen LogP contribution in [-0.2, 0) is 0 Å². The van der Waals surface area contributed by atoms with Gasteiger partial charge in [-0.25, -0.2) is 4.98 Å². The molecule has 17 heavy (non-hydrogen) atoms. The van der Waals surface area contributed by atoms with Crippen molar-refractivity contribution < 1.29 is 14.1 Å². The summed E-state index contributed by atoms with van der Waals surface area (Å²) in [6, 6.07) is 3.70. The van der Waals surface area contributed by atoms with Crippen molar-refractivity contribution in [3.63, 3.8) is 0 Å². The molecule has 6 heteroatoms. The zero-order chi connectivity index (χ0) is 12.6. The minimum absolute atomic E-state index is 0.0955. The predicted octanol–water partition coefficient (Wildman–Crippen LogP) is 2.40. The average molecular weight is 234 g/mol. The third-order valence-electron chi connectivity index (χ3n) is 2.42. The summed E-state index contributed by atoms with van der Waals surface area (Å²) in [5.41, 5.74) is 0.256. The number of benzene rings is 1. The molecule has 0 aliphatic carbocycles. The van der Waals surface area contributed by atoms with E-state index in [0.29, 0.717) is 11.8 Å². The molecular formula is C11H7FN2O3. The number of carbonyl (C=O) groups excluding carboxylic acids is 1. The molecule has 0 radical (unpaired) electrons.